The number of amides is 3. The van der Waals surface area contributed by atoms with Gasteiger partial charge in [-0.05, 0) is 36.5 Å². The molecule has 12 heteroatoms. The average Bonchev–Trinajstić information content (AvgIpc) is 3.60. The van der Waals surface area contributed by atoms with E-state index in [1.54, 1.807) is 27.0 Å². The monoisotopic (exact) mass is 536 g/mol. The summed E-state index contributed by atoms with van der Waals surface area (Å²) in [4.78, 5) is 40.6. The standard InChI is InChI=1S/C26H35F3N6O3/c1-13-15(11-31-35(13)14-8-9-14)16(10-30)32-20(36)19-25(7)17(24(25,5)6)12-34(19)21(37)18(23(2,3)4)33-22(38)26(27,28)29/h11,14,16-19H,8-9,12H2,1-7H3,(H,32,36)(H,33,38)/t16?,17-,18-,19-,25?/m1/s1. The van der Waals surface area contributed by atoms with E-state index in [9.17, 15) is 32.8 Å². The van der Waals surface area contributed by atoms with Crippen LogP contribution in [0, 0.1) is 40.4 Å². The van der Waals surface area contributed by atoms with Crippen molar-refractivity contribution in [3.63, 3.8) is 0 Å². The minimum atomic E-state index is -5.16. The Bertz CT molecular complexity index is 1210. The second-order valence-corrected chi connectivity index (χ2v) is 12.7. The lowest BCUT2D eigenvalue weighted by Gasteiger charge is -2.39. The van der Waals surface area contributed by atoms with Gasteiger partial charge in [-0.1, -0.05) is 41.5 Å². The lowest BCUT2D eigenvalue weighted by atomic mass is 9.83. The minimum absolute atomic E-state index is 0.0754. The van der Waals surface area contributed by atoms with E-state index in [1.165, 1.54) is 4.90 Å². The minimum Gasteiger partial charge on any atom is -0.336 e. The molecule has 3 fully saturated rings. The highest BCUT2D eigenvalue weighted by Crippen LogP contribution is 2.74. The maximum absolute atomic E-state index is 13.8. The molecule has 0 aromatic carbocycles. The number of aromatic nitrogens is 2. The molecule has 2 N–H and O–H groups in total. The molecule has 0 radical (unpaired) electrons. The predicted molar refractivity (Wildman–Crippen MR) is 130 cm³/mol. The van der Waals surface area contributed by atoms with Gasteiger partial charge in [0.2, 0.25) is 11.8 Å². The van der Waals surface area contributed by atoms with Crippen LogP contribution in [0.25, 0.3) is 0 Å². The second kappa shape index (κ2) is 8.71. The number of carbonyl (C=O) groups excluding carboxylic acids is 3. The van der Waals surface area contributed by atoms with E-state index in [-0.39, 0.29) is 23.9 Å². The van der Waals surface area contributed by atoms with E-state index < -0.39 is 52.9 Å². The van der Waals surface area contributed by atoms with Crippen molar-refractivity contribution in [3.05, 3.63) is 17.5 Å². The van der Waals surface area contributed by atoms with Crippen LogP contribution in [0.5, 0.6) is 0 Å². The first-order valence-electron chi connectivity index (χ1n) is 12.8. The van der Waals surface area contributed by atoms with Gasteiger partial charge in [-0.15, -0.1) is 0 Å². The van der Waals surface area contributed by atoms with Gasteiger partial charge in [-0.25, -0.2) is 0 Å². The van der Waals surface area contributed by atoms with Crippen LogP contribution in [0.15, 0.2) is 6.20 Å². The highest BCUT2D eigenvalue weighted by molar-refractivity contribution is 5.95. The van der Waals surface area contributed by atoms with Gasteiger partial charge in [0.05, 0.1) is 18.3 Å². The molecule has 1 saturated heterocycles. The third-order valence-corrected chi connectivity index (χ3v) is 9.04. The van der Waals surface area contributed by atoms with Crippen LogP contribution in [0.1, 0.15) is 77.7 Å². The van der Waals surface area contributed by atoms with Crippen molar-refractivity contribution in [2.45, 2.75) is 91.7 Å². The normalized spacial score (nSPS) is 27.7. The summed E-state index contributed by atoms with van der Waals surface area (Å²) in [6.45, 7) is 12.5. The largest absolute Gasteiger partial charge is 0.471 e. The molecule has 1 aliphatic heterocycles. The number of fused-ring (bicyclic) bond motifs is 1. The molecular weight excluding hydrogens is 501 g/mol. The van der Waals surface area contributed by atoms with Gasteiger partial charge in [0, 0.05) is 23.2 Å². The van der Waals surface area contributed by atoms with Crippen molar-refractivity contribution in [3.8, 4) is 6.07 Å². The summed E-state index contributed by atoms with van der Waals surface area (Å²) in [7, 11) is 0. The molecule has 1 aromatic heterocycles. The van der Waals surface area contributed by atoms with Crippen molar-refractivity contribution in [2.24, 2.45) is 22.2 Å². The van der Waals surface area contributed by atoms with E-state index in [0.29, 0.717) is 5.56 Å². The fourth-order valence-corrected chi connectivity index (χ4v) is 6.19. The summed E-state index contributed by atoms with van der Waals surface area (Å²) in [5.41, 5.74) is -0.696. The highest BCUT2D eigenvalue weighted by Gasteiger charge is 2.78. The number of nitriles is 1. The predicted octanol–water partition coefficient (Wildman–Crippen LogP) is 3.17. The topological polar surface area (TPSA) is 120 Å². The van der Waals surface area contributed by atoms with Crippen molar-refractivity contribution in [2.75, 3.05) is 6.54 Å². The molecule has 2 unspecified atom stereocenters. The molecule has 5 atom stereocenters. The molecule has 9 nitrogen and oxygen atoms in total. The van der Waals surface area contributed by atoms with Crippen LogP contribution in [0.4, 0.5) is 13.2 Å². The molecule has 3 aliphatic rings. The van der Waals surface area contributed by atoms with Gasteiger partial charge in [0.15, 0.2) is 0 Å². The number of alkyl halides is 3. The first-order chi connectivity index (χ1) is 17.4. The number of hydrogen-bond acceptors (Lipinski definition) is 5. The lowest BCUT2D eigenvalue weighted by molar-refractivity contribution is -0.176. The van der Waals surface area contributed by atoms with E-state index in [0.717, 1.165) is 18.5 Å². The van der Waals surface area contributed by atoms with Gasteiger partial charge in [0.25, 0.3) is 0 Å². The Morgan fingerprint density at radius 2 is 1.76 bits per heavy atom. The maximum atomic E-state index is 13.8. The Hall–Kier alpha value is -3.10. The fraction of sp³-hybridized carbons (Fsp3) is 0.731. The molecule has 2 saturated carbocycles. The van der Waals surface area contributed by atoms with E-state index >= 15 is 0 Å². The number of piperidine rings is 1. The van der Waals surface area contributed by atoms with Crippen LogP contribution >= 0.6 is 0 Å². The quantitative estimate of drug-likeness (QED) is 0.579. The number of nitrogens with one attached hydrogen (secondary N) is 2. The summed E-state index contributed by atoms with van der Waals surface area (Å²) in [6.07, 6.45) is -1.60. The molecule has 0 spiro atoms. The molecule has 208 valence electrons. The average molecular weight is 537 g/mol. The number of carbonyl (C=O) groups is 3. The fourth-order valence-electron chi connectivity index (χ4n) is 6.19. The molecule has 2 heterocycles. The third kappa shape index (κ3) is 4.33. The summed E-state index contributed by atoms with van der Waals surface area (Å²) in [5, 5.41) is 18.9. The van der Waals surface area contributed by atoms with Gasteiger partial charge in [0.1, 0.15) is 18.1 Å². The number of likely N-dealkylation sites (tertiary alicyclic amines) is 1. The number of rotatable bonds is 6. The highest BCUT2D eigenvalue weighted by atomic mass is 19.4. The summed E-state index contributed by atoms with van der Waals surface area (Å²) in [5.74, 6) is -3.61. The van der Waals surface area contributed by atoms with Crippen LogP contribution in [0.3, 0.4) is 0 Å². The van der Waals surface area contributed by atoms with E-state index in [2.05, 4.69) is 16.5 Å². The Balaban J connectivity index is 1.63. The summed E-state index contributed by atoms with van der Waals surface area (Å²) < 4.78 is 41.0. The zero-order valence-corrected chi connectivity index (χ0v) is 22.7. The van der Waals surface area contributed by atoms with E-state index in [4.69, 9.17) is 0 Å². The molecular formula is C26H35F3N6O3. The van der Waals surface area contributed by atoms with E-state index in [1.807, 2.05) is 37.7 Å². The number of nitrogens with zero attached hydrogens (tertiary/aromatic N) is 4. The molecule has 38 heavy (non-hydrogen) atoms. The molecule has 0 bridgehead atoms. The molecule has 2 aliphatic carbocycles. The van der Waals surface area contributed by atoms with Crippen molar-refractivity contribution in [1.29, 1.82) is 5.26 Å². The Kier molecular flexibility index (Phi) is 6.40. The van der Waals surface area contributed by atoms with Gasteiger partial charge in [-0.2, -0.15) is 23.5 Å². The summed E-state index contributed by atoms with van der Waals surface area (Å²) >= 11 is 0. The van der Waals surface area contributed by atoms with Gasteiger partial charge >= 0.3 is 12.1 Å². The Morgan fingerprint density at radius 1 is 1.16 bits per heavy atom. The van der Waals surface area contributed by atoms with Crippen LogP contribution in [-0.4, -0.2) is 57.2 Å². The number of halogens is 3. The van der Waals surface area contributed by atoms with Gasteiger partial charge in [-0.3, -0.25) is 19.1 Å². The van der Waals surface area contributed by atoms with Crippen molar-refractivity contribution < 1.29 is 27.6 Å². The molecule has 3 amide bonds. The van der Waals surface area contributed by atoms with Crippen LogP contribution in [0.2, 0.25) is 0 Å². The maximum Gasteiger partial charge on any atom is 0.471 e. The second-order valence-electron chi connectivity index (χ2n) is 12.7. The Labute approximate surface area is 220 Å². The zero-order valence-electron chi connectivity index (χ0n) is 22.7. The third-order valence-electron chi connectivity index (χ3n) is 9.04. The zero-order chi connectivity index (χ0) is 28.6. The van der Waals surface area contributed by atoms with Crippen LogP contribution in [-0.2, 0) is 14.4 Å². The van der Waals surface area contributed by atoms with Crippen molar-refractivity contribution in [1.82, 2.24) is 25.3 Å². The molecule has 1 aromatic rings. The van der Waals surface area contributed by atoms with Crippen molar-refractivity contribution >= 4 is 17.7 Å². The SMILES string of the molecule is Cc1c(C(C#N)NC(=O)[C@H]2N(C(=O)[C@@H](NC(=O)C(F)(F)F)C(C)(C)C)C[C@@H]3C(C)(C)C32C)cnn1C1CC1. The van der Waals surface area contributed by atoms with Crippen LogP contribution < -0.4 is 10.6 Å². The molecule has 4 rings (SSSR count). The first-order valence-corrected chi connectivity index (χ1v) is 12.8. The first kappa shape index (κ1) is 27.9. The smallest absolute Gasteiger partial charge is 0.336 e. The number of hydrogen-bond donors (Lipinski definition) is 2. The summed E-state index contributed by atoms with van der Waals surface area (Å²) in [6, 6.07) is -1.16. The lowest BCUT2D eigenvalue weighted by Crippen LogP contribution is -2.61. The van der Waals surface area contributed by atoms with Gasteiger partial charge < -0.3 is 15.5 Å². The Morgan fingerprint density at radius 3 is 2.26 bits per heavy atom.